The molecular formula is C27H28N2O4. The van der Waals surface area contributed by atoms with E-state index in [2.05, 4.69) is 0 Å². The van der Waals surface area contributed by atoms with Crippen molar-refractivity contribution in [1.29, 1.82) is 0 Å². The van der Waals surface area contributed by atoms with Crippen LogP contribution < -0.4 is 0 Å². The second-order valence-electron chi connectivity index (χ2n) is 9.40. The van der Waals surface area contributed by atoms with Crippen molar-refractivity contribution < 1.29 is 19.2 Å². The first kappa shape index (κ1) is 21.6. The highest BCUT2D eigenvalue weighted by molar-refractivity contribution is 6.02. The summed E-state index contributed by atoms with van der Waals surface area (Å²) in [5, 5.41) is 0. The van der Waals surface area contributed by atoms with Gasteiger partial charge < -0.3 is 9.80 Å². The van der Waals surface area contributed by atoms with Crippen LogP contribution in [0.1, 0.15) is 85.2 Å². The van der Waals surface area contributed by atoms with Gasteiger partial charge >= 0.3 is 0 Å². The van der Waals surface area contributed by atoms with Crippen molar-refractivity contribution in [2.75, 3.05) is 19.6 Å². The number of hydrogen-bond donors (Lipinski definition) is 0. The Morgan fingerprint density at radius 2 is 1.30 bits per heavy atom. The van der Waals surface area contributed by atoms with E-state index in [9.17, 15) is 19.2 Å². The van der Waals surface area contributed by atoms with Crippen molar-refractivity contribution in [1.82, 2.24) is 9.80 Å². The lowest BCUT2D eigenvalue weighted by Crippen LogP contribution is -2.55. The molecule has 0 aromatic heterocycles. The summed E-state index contributed by atoms with van der Waals surface area (Å²) in [5.41, 5.74) is 4.62. The normalized spacial score (nSPS) is 20.3. The van der Waals surface area contributed by atoms with E-state index < -0.39 is 0 Å². The SMILES string of the molecule is C[C@H]1CN(C(=O)c2ccc3c(c2)CCCC3=O)CCN1C(=O)c1ccc2c(c1)CCCC2=O. The summed E-state index contributed by atoms with van der Waals surface area (Å²) < 4.78 is 0. The summed E-state index contributed by atoms with van der Waals surface area (Å²) in [5.74, 6) is 0.203. The molecule has 2 aromatic carbocycles. The molecule has 1 heterocycles. The lowest BCUT2D eigenvalue weighted by molar-refractivity contribution is 0.0414. The number of carbonyl (C=O) groups excluding carboxylic acids is 4. The molecule has 0 unspecified atom stereocenters. The molecule has 0 N–H and O–H groups in total. The first-order chi connectivity index (χ1) is 15.9. The van der Waals surface area contributed by atoms with Gasteiger partial charge in [0.1, 0.15) is 0 Å². The van der Waals surface area contributed by atoms with Crippen LogP contribution in [0.15, 0.2) is 36.4 Å². The minimum Gasteiger partial charge on any atom is -0.335 e. The molecule has 1 saturated heterocycles. The Labute approximate surface area is 193 Å². The van der Waals surface area contributed by atoms with Crippen LogP contribution in [0.3, 0.4) is 0 Å². The summed E-state index contributed by atoms with van der Waals surface area (Å²) in [6, 6.07) is 10.7. The molecule has 33 heavy (non-hydrogen) atoms. The summed E-state index contributed by atoms with van der Waals surface area (Å²) in [4.78, 5) is 54.2. The van der Waals surface area contributed by atoms with Crippen LogP contribution in [-0.2, 0) is 12.8 Å². The quantitative estimate of drug-likeness (QED) is 0.708. The molecule has 2 aromatic rings. The summed E-state index contributed by atoms with van der Waals surface area (Å²) in [6.07, 6.45) is 4.47. The van der Waals surface area contributed by atoms with Gasteiger partial charge in [-0.15, -0.1) is 0 Å². The lowest BCUT2D eigenvalue weighted by Gasteiger charge is -2.40. The molecule has 0 bridgehead atoms. The van der Waals surface area contributed by atoms with E-state index in [1.165, 1.54) is 0 Å². The maximum absolute atomic E-state index is 13.2. The first-order valence-corrected chi connectivity index (χ1v) is 11.8. The summed E-state index contributed by atoms with van der Waals surface area (Å²) in [7, 11) is 0. The summed E-state index contributed by atoms with van der Waals surface area (Å²) >= 11 is 0. The molecule has 0 radical (unpaired) electrons. The van der Waals surface area contributed by atoms with E-state index in [1.54, 1.807) is 29.2 Å². The zero-order valence-corrected chi connectivity index (χ0v) is 18.9. The van der Waals surface area contributed by atoms with Crippen molar-refractivity contribution in [3.8, 4) is 0 Å². The van der Waals surface area contributed by atoms with Gasteiger partial charge in [0.2, 0.25) is 0 Å². The third-order valence-electron chi connectivity index (χ3n) is 7.18. The van der Waals surface area contributed by atoms with E-state index in [-0.39, 0.29) is 29.4 Å². The Morgan fingerprint density at radius 1 is 0.758 bits per heavy atom. The molecule has 6 nitrogen and oxygen atoms in total. The Morgan fingerprint density at radius 3 is 1.85 bits per heavy atom. The number of benzene rings is 2. The van der Waals surface area contributed by atoms with Crippen LogP contribution in [0.2, 0.25) is 0 Å². The number of rotatable bonds is 2. The number of aryl methyl sites for hydroxylation is 2. The standard InChI is InChI=1S/C27H28N2O4/c1-17-16-28(26(32)20-8-10-22-18(14-20)4-2-6-24(22)30)12-13-29(17)27(33)21-9-11-23-19(15-21)5-3-7-25(23)31/h8-11,14-15,17H,2-7,12-13,16H2,1H3/t17-/m0/s1. The topological polar surface area (TPSA) is 74.8 Å². The minimum absolute atomic E-state index is 0.0530. The number of nitrogens with zero attached hydrogens (tertiary/aromatic N) is 2. The molecule has 0 spiro atoms. The lowest BCUT2D eigenvalue weighted by atomic mass is 9.89. The van der Waals surface area contributed by atoms with Gasteiger partial charge in [-0.3, -0.25) is 19.2 Å². The van der Waals surface area contributed by atoms with Crippen LogP contribution in [0.4, 0.5) is 0 Å². The highest BCUT2D eigenvalue weighted by Gasteiger charge is 2.32. The van der Waals surface area contributed by atoms with E-state index in [0.29, 0.717) is 43.6 Å². The van der Waals surface area contributed by atoms with Gasteiger partial charge in [0.25, 0.3) is 11.8 Å². The predicted octanol–water partition coefficient (Wildman–Crippen LogP) is 3.71. The van der Waals surface area contributed by atoms with Crippen LogP contribution in [0.5, 0.6) is 0 Å². The zero-order valence-electron chi connectivity index (χ0n) is 18.9. The molecule has 1 fully saturated rings. The monoisotopic (exact) mass is 444 g/mol. The number of amides is 2. The number of fused-ring (bicyclic) bond motifs is 2. The number of carbonyl (C=O) groups is 4. The van der Waals surface area contributed by atoms with Crippen LogP contribution >= 0.6 is 0 Å². The molecular weight excluding hydrogens is 416 g/mol. The molecule has 1 aliphatic heterocycles. The molecule has 170 valence electrons. The van der Waals surface area contributed by atoms with E-state index in [1.807, 2.05) is 24.0 Å². The fraction of sp³-hybridized carbons (Fsp3) is 0.407. The highest BCUT2D eigenvalue weighted by Crippen LogP contribution is 2.26. The van der Waals surface area contributed by atoms with Gasteiger partial charge in [-0.05, 0) is 68.0 Å². The fourth-order valence-corrected chi connectivity index (χ4v) is 5.35. The Kier molecular flexibility index (Phi) is 5.60. The zero-order chi connectivity index (χ0) is 23.1. The summed E-state index contributed by atoms with van der Waals surface area (Å²) in [6.45, 7) is 3.36. The fourth-order valence-electron chi connectivity index (χ4n) is 5.35. The molecule has 0 saturated carbocycles. The first-order valence-electron chi connectivity index (χ1n) is 11.8. The number of piperazine rings is 1. The Hall–Kier alpha value is -3.28. The maximum Gasteiger partial charge on any atom is 0.254 e. The highest BCUT2D eigenvalue weighted by atomic mass is 16.2. The largest absolute Gasteiger partial charge is 0.335 e. The van der Waals surface area contributed by atoms with Crippen molar-refractivity contribution in [3.63, 3.8) is 0 Å². The number of ketones is 2. The van der Waals surface area contributed by atoms with Gasteiger partial charge in [-0.25, -0.2) is 0 Å². The maximum atomic E-state index is 13.2. The number of hydrogen-bond acceptors (Lipinski definition) is 4. The Balaban J connectivity index is 1.28. The van der Waals surface area contributed by atoms with Gasteiger partial charge in [0.05, 0.1) is 0 Å². The average Bonchev–Trinajstić information content (AvgIpc) is 2.83. The van der Waals surface area contributed by atoms with Crippen molar-refractivity contribution in [2.45, 2.75) is 51.5 Å². The Bertz CT molecular complexity index is 1170. The molecule has 3 aliphatic rings. The third-order valence-corrected chi connectivity index (χ3v) is 7.18. The molecule has 2 amide bonds. The van der Waals surface area contributed by atoms with Crippen LogP contribution in [-0.4, -0.2) is 58.9 Å². The van der Waals surface area contributed by atoms with Crippen molar-refractivity contribution >= 4 is 23.4 Å². The van der Waals surface area contributed by atoms with Crippen LogP contribution in [0.25, 0.3) is 0 Å². The van der Waals surface area contributed by atoms with E-state index >= 15 is 0 Å². The van der Waals surface area contributed by atoms with Gasteiger partial charge in [0.15, 0.2) is 11.6 Å². The van der Waals surface area contributed by atoms with E-state index in [0.717, 1.165) is 47.9 Å². The van der Waals surface area contributed by atoms with Crippen molar-refractivity contribution in [3.05, 3.63) is 69.8 Å². The average molecular weight is 445 g/mol. The predicted molar refractivity (Wildman–Crippen MR) is 124 cm³/mol. The van der Waals surface area contributed by atoms with Crippen molar-refractivity contribution in [2.24, 2.45) is 0 Å². The smallest absolute Gasteiger partial charge is 0.254 e. The molecule has 5 rings (SSSR count). The molecule has 6 heteroatoms. The van der Waals surface area contributed by atoms with Gasteiger partial charge in [-0.2, -0.15) is 0 Å². The van der Waals surface area contributed by atoms with Gasteiger partial charge in [0, 0.05) is 60.8 Å². The second kappa shape index (κ2) is 8.58. The minimum atomic E-state index is -0.118. The van der Waals surface area contributed by atoms with E-state index in [4.69, 9.17) is 0 Å². The third kappa shape index (κ3) is 3.99. The molecule has 1 atom stereocenters. The second-order valence-corrected chi connectivity index (χ2v) is 9.40. The van der Waals surface area contributed by atoms with Crippen LogP contribution in [0, 0.1) is 0 Å². The number of Topliss-reactive ketones (excluding diaryl/α,β-unsaturated/α-hetero) is 2. The molecule has 2 aliphatic carbocycles. The van der Waals surface area contributed by atoms with Gasteiger partial charge in [-0.1, -0.05) is 12.1 Å².